The lowest BCUT2D eigenvalue weighted by atomic mass is 10.0. The van der Waals surface area contributed by atoms with Crippen LogP contribution < -0.4 is 4.73 Å². The van der Waals surface area contributed by atoms with Crippen molar-refractivity contribution in [2.24, 2.45) is 0 Å². The van der Waals surface area contributed by atoms with Crippen molar-refractivity contribution in [1.29, 1.82) is 0 Å². The number of carbonyl (C=O) groups excluding carboxylic acids is 2. The molecular formula is C22H16N2O4. The maximum absolute atomic E-state index is 12.9. The predicted molar refractivity (Wildman–Crippen MR) is 104 cm³/mol. The molecule has 0 spiro atoms. The van der Waals surface area contributed by atoms with Crippen LogP contribution in [-0.2, 0) is 4.74 Å². The lowest BCUT2D eigenvalue weighted by Gasteiger charge is -2.09. The highest BCUT2D eigenvalue weighted by atomic mass is 16.5. The van der Waals surface area contributed by atoms with E-state index >= 15 is 0 Å². The zero-order valence-electron chi connectivity index (χ0n) is 15.1. The van der Waals surface area contributed by atoms with Crippen LogP contribution in [0.25, 0.3) is 22.1 Å². The molecule has 3 aromatic carbocycles. The summed E-state index contributed by atoms with van der Waals surface area (Å²) in [5.74, 6) is -0.710. The number of hydrogen-bond acceptors (Lipinski definition) is 5. The maximum Gasteiger partial charge on any atom is 0.340 e. The zero-order valence-corrected chi connectivity index (χ0v) is 15.1. The van der Waals surface area contributed by atoms with Crippen LogP contribution >= 0.6 is 0 Å². The molecule has 6 heteroatoms. The van der Waals surface area contributed by atoms with E-state index in [0.29, 0.717) is 21.4 Å². The molecule has 0 amide bonds. The van der Waals surface area contributed by atoms with Gasteiger partial charge in [-0.1, -0.05) is 36.4 Å². The van der Waals surface area contributed by atoms with Gasteiger partial charge in [-0.15, -0.1) is 0 Å². The van der Waals surface area contributed by atoms with Gasteiger partial charge in [0.25, 0.3) is 0 Å². The molecule has 0 fully saturated rings. The van der Waals surface area contributed by atoms with Crippen molar-refractivity contribution in [3.63, 3.8) is 0 Å². The van der Waals surface area contributed by atoms with Crippen LogP contribution in [0.3, 0.4) is 0 Å². The summed E-state index contributed by atoms with van der Waals surface area (Å²) in [6.07, 6.45) is 0. The maximum atomic E-state index is 12.9. The number of hydrogen-bond donors (Lipinski definition) is 0. The van der Waals surface area contributed by atoms with Crippen LogP contribution in [0, 0.1) is 5.21 Å². The van der Waals surface area contributed by atoms with E-state index in [1.54, 1.807) is 61.5 Å². The lowest BCUT2D eigenvalue weighted by molar-refractivity contribution is -0.548. The first-order chi connectivity index (χ1) is 13.6. The summed E-state index contributed by atoms with van der Waals surface area (Å²) < 4.78 is 5.75. The minimum absolute atomic E-state index is 0.178. The number of rotatable bonds is 4. The first-order valence-electron chi connectivity index (χ1n) is 8.83. The second kappa shape index (κ2) is 7.08. The number of ether oxygens (including phenoxy) is 1. The third-order valence-electron chi connectivity index (χ3n) is 4.45. The monoisotopic (exact) mass is 372 g/mol. The second-order valence-electron chi connectivity index (χ2n) is 6.20. The van der Waals surface area contributed by atoms with Gasteiger partial charge in [-0.2, -0.15) is 4.73 Å². The Morgan fingerprint density at radius 3 is 2.50 bits per heavy atom. The fraction of sp³-hybridized carbons (Fsp3) is 0.0909. The fourth-order valence-electron chi connectivity index (χ4n) is 3.11. The Labute approximate surface area is 160 Å². The van der Waals surface area contributed by atoms with Gasteiger partial charge in [-0.05, 0) is 25.1 Å². The van der Waals surface area contributed by atoms with E-state index in [-0.39, 0.29) is 34.5 Å². The van der Waals surface area contributed by atoms with E-state index in [9.17, 15) is 14.8 Å². The normalized spacial score (nSPS) is 10.9. The smallest absolute Gasteiger partial charge is 0.340 e. The molecule has 4 aromatic rings. The standard InChI is InChI=1S/C22H16N2O4/c1-2-28-22(26)16-9-6-10-18-20(16)23-17-12-11-15(13-19(17)24(18)27)21(25)14-7-4-3-5-8-14/h3-13H,2H2,1H3. The van der Waals surface area contributed by atoms with Crippen molar-refractivity contribution in [3.05, 3.63) is 88.6 Å². The Kier molecular flexibility index (Phi) is 4.45. The van der Waals surface area contributed by atoms with E-state index in [4.69, 9.17) is 4.74 Å². The molecule has 0 bridgehead atoms. The molecule has 138 valence electrons. The fourth-order valence-corrected chi connectivity index (χ4v) is 3.11. The van der Waals surface area contributed by atoms with Crippen molar-refractivity contribution in [2.75, 3.05) is 6.61 Å². The largest absolute Gasteiger partial charge is 0.618 e. The molecule has 0 N–H and O–H groups in total. The van der Waals surface area contributed by atoms with E-state index in [1.165, 1.54) is 6.07 Å². The summed E-state index contributed by atoms with van der Waals surface area (Å²) in [5, 5.41) is 12.9. The number of benzene rings is 3. The van der Waals surface area contributed by atoms with Crippen LogP contribution in [0.2, 0.25) is 0 Å². The van der Waals surface area contributed by atoms with Gasteiger partial charge in [0, 0.05) is 23.3 Å². The van der Waals surface area contributed by atoms with Gasteiger partial charge in [0.2, 0.25) is 11.0 Å². The second-order valence-corrected chi connectivity index (χ2v) is 6.20. The Morgan fingerprint density at radius 1 is 0.964 bits per heavy atom. The van der Waals surface area contributed by atoms with E-state index in [0.717, 1.165) is 0 Å². The third-order valence-corrected chi connectivity index (χ3v) is 4.45. The van der Waals surface area contributed by atoms with Crippen molar-refractivity contribution in [2.45, 2.75) is 6.92 Å². The summed E-state index contributed by atoms with van der Waals surface area (Å²) in [6.45, 7) is 1.94. The van der Waals surface area contributed by atoms with E-state index < -0.39 is 5.97 Å². The van der Waals surface area contributed by atoms with Gasteiger partial charge in [-0.25, -0.2) is 9.78 Å². The first kappa shape index (κ1) is 17.6. The summed E-state index contributed by atoms with van der Waals surface area (Å²) in [5.41, 5.74) is 2.33. The SMILES string of the molecule is CCOC(=O)c1cccc2c1nc1ccc(C(=O)c3ccccc3)cc1[n+]2[O-]. The molecule has 0 radical (unpaired) electrons. The molecule has 0 saturated heterocycles. The highest BCUT2D eigenvalue weighted by molar-refractivity contribution is 6.10. The van der Waals surface area contributed by atoms with Gasteiger partial charge in [0.1, 0.15) is 5.52 Å². The predicted octanol–water partition coefficient (Wildman–Crippen LogP) is 3.43. The molecule has 1 heterocycles. The van der Waals surface area contributed by atoms with Gasteiger partial charge in [-0.3, -0.25) is 4.79 Å². The van der Waals surface area contributed by atoms with Crippen LogP contribution in [0.1, 0.15) is 33.2 Å². The molecular weight excluding hydrogens is 356 g/mol. The van der Waals surface area contributed by atoms with Crippen molar-refractivity contribution in [3.8, 4) is 0 Å². The van der Waals surface area contributed by atoms with Gasteiger partial charge in [0.05, 0.1) is 12.2 Å². The summed E-state index contributed by atoms with van der Waals surface area (Å²) in [6, 6.07) is 18.4. The summed E-state index contributed by atoms with van der Waals surface area (Å²) in [4.78, 5) is 29.4. The molecule has 0 saturated carbocycles. The number of aromatic nitrogens is 2. The zero-order chi connectivity index (χ0) is 19.7. The molecule has 0 atom stereocenters. The molecule has 0 aliphatic rings. The Morgan fingerprint density at radius 2 is 1.75 bits per heavy atom. The average Bonchev–Trinajstić information content (AvgIpc) is 2.73. The quantitative estimate of drug-likeness (QED) is 0.180. The van der Waals surface area contributed by atoms with E-state index in [2.05, 4.69) is 4.98 Å². The van der Waals surface area contributed by atoms with Gasteiger partial charge in [0.15, 0.2) is 11.3 Å². The number of esters is 1. The third kappa shape index (κ3) is 2.95. The van der Waals surface area contributed by atoms with Gasteiger partial charge < -0.3 is 9.94 Å². The molecule has 0 aliphatic carbocycles. The number of carbonyl (C=O) groups is 2. The average molecular weight is 372 g/mol. The Hall–Kier alpha value is -3.80. The molecule has 0 aliphatic heterocycles. The number of ketones is 1. The lowest BCUT2D eigenvalue weighted by Crippen LogP contribution is -2.29. The Bertz CT molecular complexity index is 1220. The van der Waals surface area contributed by atoms with Crippen LogP contribution in [0.15, 0.2) is 66.7 Å². The van der Waals surface area contributed by atoms with Crippen molar-refractivity contribution >= 4 is 33.8 Å². The molecule has 1 aromatic heterocycles. The summed E-state index contributed by atoms with van der Waals surface area (Å²) >= 11 is 0. The molecule has 4 rings (SSSR count). The highest BCUT2D eigenvalue weighted by Crippen LogP contribution is 2.21. The Balaban J connectivity index is 1.89. The first-order valence-corrected chi connectivity index (χ1v) is 8.83. The number of para-hydroxylation sites is 1. The van der Waals surface area contributed by atoms with Crippen molar-refractivity contribution < 1.29 is 19.1 Å². The van der Waals surface area contributed by atoms with Crippen LogP contribution in [-0.4, -0.2) is 23.3 Å². The van der Waals surface area contributed by atoms with Crippen LogP contribution in [0.4, 0.5) is 0 Å². The minimum atomic E-state index is -0.532. The molecule has 6 nitrogen and oxygen atoms in total. The van der Waals surface area contributed by atoms with Crippen molar-refractivity contribution in [1.82, 2.24) is 4.98 Å². The number of nitrogens with zero attached hydrogens (tertiary/aromatic N) is 2. The minimum Gasteiger partial charge on any atom is -0.618 e. The molecule has 0 unspecified atom stereocenters. The van der Waals surface area contributed by atoms with Gasteiger partial charge >= 0.3 is 5.97 Å². The number of fused-ring (bicyclic) bond motifs is 2. The van der Waals surface area contributed by atoms with Crippen LogP contribution in [0.5, 0.6) is 0 Å². The summed E-state index contributed by atoms with van der Waals surface area (Å²) in [7, 11) is 0. The van der Waals surface area contributed by atoms with E-state index in [1.807, 2.05) is 6.07 Å². The topological polar surface area (TPSA) is 83.2 Å². The highest BCUT2D eigenvalue weighted by Gasteiger charge is 2.20. The molecule has 28 heavy (non-hydrogen) atoms.